The molecular formula is C11H16O2. The van der Waals surface area contributed by atoms with Gasteiger partial charge in [-0.3, -0.25) is 0 Å². The first-order valence-corrected chi connectivity index (χ1v) is 4.48. The zero-order valence-electron chi connectivity index (χ0n) is 8.37. The third kappa shape index (κ3) is 2.74. The molecule has 0 aliphatic heterocycles. The van der Waals surface area contributed by atoms with Crippen molar-refractivity contribution < 1.29 is 9.84 Å². The van der Waals surface area contributed by atoms with Crippen LogP contribution in [-0.4, -0.2) is 17.8 Å². The van der Waals surface area contributed by atoms with Crippen molar-refractivity contribution in [2.45, 2.75) is 26.9 Å². The van der Waals surface area contributed by atoms with Crippen LogP contribution in [0.2, 0.25) is 0 Å². The third-order valence-corrected chi connectivity index (χ3v) is 2.07. The van der Waals surface area contributed by atoms with E-state index in [2.05, 4.69) is 6.92 Å². The van der Waals surface area contributed by atoms with E-state index in [4.69, 9.17) is 9.84 Å². The van der Waals surface area contributed by atoms with E-state index in [1.54, 1.807) is 0 Å². The maximum absolute atomic E-state index is 8.79. The molecule has 0 unspecified atom stereocenters. The predicted molar refractivity (Wildman–Crippen MR) is 53.1 cm³/mol. The van der Waals surface area contributed by atoms with Crippen LogP contribution >= 0.6 is 0 Å². The standard InChI is InChI=1S/C11H16O2/c1-8-4-5-11(6-9(8)2)13-10(3)7-12/h4-6,10,12H,7H2,1-3H3/t10-/m1/s1. The summed E-state index contributed by atoms with van der Waals surface area (Å²) >= 11 is 0. The van der Waals surface area contributed by atoms with E-state index in [0.29, 0.717) is 0 Å². The van der Waals surface area contributed by atoms with Gasteiger partial charge in [-0.2, -0.15) is 0 Å². The molecule has 1 atom stereocenters. The van der Waals surface area contributed by atoms with E-state index in [9.17, 15) is 0 Å². The van der Waals surface area contributed by atoms with E-state index >= 15 is 0 Å². The fourth-order valence-corrected chi connectivity index (χ4v) is 1.06. The summed E-state index contributed by atoms with van der Waals surface area (Å²) < 4.78 is 5.45. The van der Waals surface area contributed by atoms with Crippen LogP contribution in [-0.2, 0) is 0 Å². The Hall–Kier alpha value is -1.02. The highest BCUT2D eigenvalue weighted by Gasteiger charge is 2.02. The predicted octanol–water partition coefficient (Wildman–Crippen LogP) is 2.06. The minimum atomic E-state index is -0.137. The van der Waals surface area contributed by atoms with Crippen molar-refractivity contribution >= 4 is 0 Å². The fraction of sp³-hybridized carbons (Fsp3) is 0.455. The summed E-state index contributed by atoms with van der Waals surface area (Å²) in [6.07, 6.45) is -0.137. The quantitative estimate of drug-likeness (QED) is 0.771. The van der Waals surface area contributed by atoms with Crippen molar-refractivity contribution in [3.05, 3.63) is 29.3 Å². The number of aryl methyl sites for hydroxylation is 2. The Bertz CT molecular complexity index is 281. The van der Waals surface area contributed by atoms with E-state index in [0.717, 1.165) is 5.75 Å². The second kappa shape index (κ2) is 4.28. The zero-order chi connectivity index (χ0) is 9.84. The first-order chi connectivity index (χ1) is 6.13. The highest BCUT2D eigenvalue weighted by atomic mass is 16.5. The number of hydrogen-bond acceptors (Lipinski definition) is 2. The molecule has 0 spiro atoms. The molecule has 0 radical (unpaired) electrons. The van der Waals surface area contributed by atoms with Gasteiger partial charge in [0.25, 0.3) is 0 Å². The Morgan fingerprint density at radius 2 is 2.00 bits per heavy atom. The second-order valence-corrected chi connectivity index (χ2v) is 3.36. The highest BCUT2D eigenvalue weighted by molar-refractivity contribution is 5.33. The summed E-state index contributed by atoms with van der Waals surface area (Å²) in [7, 11) is 0. The van der Waals surface area contributed by atoms with Gasteiger partial charge in [0.05, 0.1) is 6.61 Å². The molecule has 0 amide bonds. The van der Waals surface area contributed by atoms with Crippen molar-refractivity contribution in [3.63, 3.8) is 0 Å². The molecule has 1 aromatic rings. The van der Waals surface area contributed by atoms with Crippen LogP contribution in [0.25, 0.3) is 0 Å². The lowest BCUT2D eigenvalue weighted by atomic mass is 10.1. The highest BCUT2D eigenvalue weighted by Crippen LogP contribution is 2.17. The number of aliphatic hydroxyl groups excluding tert-OH is 1. The summed E-state index contributed by atoms with van der Waals surface area (Å²) in [5.41, 5.74) is 2.46. The molecular weight excluding hydrogens is 164 g/mol. The summed E-state index contributed by atoms with van der Waals surface area (Å²) in [5, 5.41) is 8.79. The summed E-state index contributed by atoms with van der Waals surface area (Å²) in [6, 6.07) is 5.94. The molecule has 72 valence electrons. The number of aliphatic hydroxyl groups is 1. The van der Waals surface area contributed by atoms with Crippen LogP contribution in [0.3, 0.4) is 0 Å². The van der Waals surface area contributed by atoms with E-state index in [-0.39, 0.29) is 12.7 Å². The molecule has 0 saturated carbocycles. The van der Waals surface area contributed by atoms with Gasteiger partial charge in [0.15, 0.2) is 0 Å². The van der Waals surface area contributed by atoms with E-state index < -0.39 is 0 Å². The SMILES string of the molecule is Cc1ccc(O[C@H](C)CO)cc1C. The molecule has 0 bridgehead atoms. The summed E-state index contributed by atoms with van der Waals surface area (Å²) in [6.45, 7) is 6.00. The minimum absolute atomic E-state index is 0.0485. The van der Waals surface area contributed by atoms with Gasteiger partial charge < -0.3 is 9.84 Å². The monoisotopic (exact) mass is 180 g/mol. The van der Waals surface area contributed by atoms with Crippen LogP contribution in [0.1, 0.15) is 18.1 Å². The van der Waals surface area contributed by atoms with Crippen LogP contribution in [0.4, 0.5) is 0 Å². The van der Waals surface area contributed by atoms with Crippen LogP contribution < -0.4 is 4.74 Å². The van der Waals surface area contributed by atoms with Gasteiger partial charge in [-0.25, -0.2) is 0 Å². The van der Waals surface area contributed by atoms with Crippen molar-refractivity contribution in [2.24, 2.45) is 0 Å². The van der Waals surface area contributed by atoms with Crippen molar-refractivity contribution in [2.75, 3.05) is 6.61 Å². The lowest BCUT2D eigenvalue weighted by molar-refractivity contribution is 0.129. The maximum Gasteiger partial charge on any atom is 0.120 e. The largest absolute Gasteiger partial charge is 0.488 e. The summed E-state index contributed by atoms with van der Waals surface area (Å²) in [4.78, 5) is 0. The zero-order valence-corrected chi connectivity index (χ0v) is 8.37. The number of rotatable bonds is 3. The molecule has 0 aromatic heterocycles. The molecule has 0 heterocycles. The Kier molecular flexibility index (Phi) is 3.32. The first-order valence-electron chi connectivity index (χ1n) is 4.48. The lowest BCUT2D eigenvalue weighted by Crippen LogP contribution is -2.16. The smallest absolute Gasteiger partial charge is 0.120 e. The van der Waals surface area contributed by atoms with Crippen molar-refractivity contribution in [1.29, 1.82) is 0 Å². The molecule has 0 aliphatic carbocycles. The first kappa shape index (κ1) is 10.1. The molecule has 1 aromatic carbocycles. The van der Waals surface area contributed by atoms with Crippen LogP contribution in [0.15, 0.2) is 18.2 Å². The normalized spacial score (nSPS) is 12.6. The molecule has 0 aliphatic rings. The Morgan fingerprint density at radius 3 is 2.54 bits per heavy atom. The van der Waals surface area contributed by atoms with Gasteiger partial charge in [0.1, 0.15) is 11.9 Å². The maximum atomic E-state index is 8.79. The molecule has 0 saturated heterocycles. The molecule has 13 heavy (non-hydrogen) atoms. The van der Waals surface area contributed by atoms with Crippen LogP contribution in [0, 0.1) is 13.8 Å². The average Bonchev–Trinajstić information content (AvgIpc) is 2.11. The van der Waals surface area contributed by atoms with Gasteiger partial charge in [-0.15, -0.1) is 0 Å². The second-order valence-electron chi connectivity index (χ2n) is 3.36. The Balaban J connectivity index is 2.73. The van der Waals surface area contributed by atoms with Gasteiger partial charge in [-0.05, 0) is 44.0 Å². The van der Waals surface area contributed by atoms with E-state index in [1.807, 2.05) is 32.0 Å². The van der Waals surface area contributed by atoms with Gasteiger partial charge in [-0.1, -0.05) is 6.07 Å². The number of benzene rings is 1. The molecule has 1 rings (SSSR count). The topological polar surface area (TPSA) is 29.5 Å². The van der Waals surface area contributed by atoms with Gasteiger partial charge in [0.2, 0.25) is 0 Å². The third-order valence-electron chi connectivity index (χ3n) is 2.07. The number of ether oxygens (including phenoxy) is 1. The molecule has 1 N–H and O–H groups in total. The summed E-state index contributed by atoms with van der Waals surface area (Å²) in [5.74, 6) is 0.824. The molecule has 2 nitrogen and oxygen atoms in total. The average molecular weight is 180 g/mol. The van der Waals surface area contributed by atoms with Gasteiger partial charge in [0, 0.05) is 0 Å². The Morgan fingerprint density at radius 1 is 1.31 bits per heavy atom. The van der Waals surface area contributed by atoms with Crippen molar-refractivity contribution in [3.8, 4) is 5.75 Å². The molecule has 2 heteroatoms. The Labute approximate surface area is 79.2 Å². The lowest BCUT2D eigenvalue weighted by Gasteiger charge is -2.12. The molecule has 0 fully saturated rings. The van der Waals surface area contributed by atoms with Crippen molar-refractivity contribution in [1.82, 2.24) is 0 Å². The van der Waals surface area contributed by atoms with Gasteiger partial charge >= 0.3 is 0 Å². The fourth-order valence-electron chi connectivity index (χ4n) is 1.06. The minimum Gasteiger partial charge on any atom is -0.488 e. The van der Waals surface area contributed by atoms with E-state index in [1.165, 1.54) is 11.1 Å². The number of hydrogen-bond donors (Lipinski definition) is 1. The van der Waals surface area contributed by atoms with Crippen LogP contribution in [0.5, 0.6) is 5.75 Å².